The van der Waals surface area contributed by atoms with Crippen molar-refractivity contribution in [2.24, 2.45) is 34.5 Å². The minimum Gasteiger partial charge on any atom is -0.0805 e. The first kappa shape index (κ1) is 15.0. The van der Waals surface area contributed by atoms with Gasteiger partial charge < -0.3 is 0 Å². The fraction of sp³-hybridized carbons (Fsp3) is 0.818. The van der Waals surface area contributed by atoms with E-state index in [2.05, 4.69) is 39.8 Å². The number of hydrogen-bond acceptors (Lipinski definition) is 0. The molecule has 0 heteroatoms. The highest BCUT2D eigenvalue weighted by Gasteiger charge is 2.57. The van der Waals surface area contributed by atoms with Crippen LogP contribution in [0.15, 0.2) is 23.3 Å². The largest absolute Gasteiger partial charge is 0.0805 e. The monoisotopic (exact) mass is 298 g/mol. The smallest absolute Gasteiger partial charge is 0.00419 e. The molecule has 2 fully saturated rings. The van der Waals surface area contributed by atoms with Crippen LogP contribution < -0.4 is 0 Å². The molecule has 0 amide bonds. The summed E-state index contributed by atoms with van der Waals surface area (Å²) in [5.41, 5.74) is 4.49. The van der Waals surface area contributed by atoms with Gasteiger partial charge in [0.25, 0.3) is 0 Å². The van der Waals surface area contributed by atoms with Gasteiger partial charge in [0.05, 0.1) is 0 Å². The van der Waals surface area contributed by atoms with Crippen LogP contribution in [-0.2, 0) is 0 Å². The number of fused-ring (bicyclic) bond motifs is 5. The van der Waals surface area contributed by atoms with Crippen molar-refractivity contribution in [1.82, 2.24) is 0 Å². The summed E-state index contributed by atoms with van der Waals surface area (Å²) >= 11 is 0. The Morgan fingerprint density at radius 3 is 2.68 bits per heavy atom. The van der Waals surface area contributed by atoms with Crippen LogP contribution in [0.4, 0.5) is 0 Å². The van der Waals surface area contributed by atoms with Gasteiger partial charge in [0.2, 0.25) is 0 Å². The van der Waals surface area contributed by atoms with Crippen molar-refractivity contribution >= 4 is 0 Å². The predicted molar refractivity (Wildman–Crippen MR) is 94.6 cm³/mol. The molecule has 4 aliphatic rings. The van der Waals surface area contributed by atoms with Gasteiger partial charge in [0, 0.05) is 0 Å². The lowest BCUT2D eigenvalue weighted by Gasteiger charge is -2.57. The maximum absolute atomic E-state index is 2.73. The molecule has 0 aromatic rings. The summed E-state index contributed by atoms with van der Waals surface area (Å²) in [6, 6.07) is 0. The van der Waals surface area contributed by atoms with E-state index in [9.17, 15) is 0 Å². The maximum atomic E-state index is 2.73. The molecule has 0 nitrogen and oxygen atoms in total. The van der Waals surface area contributed by atoms with Gasteiger partial charge in [-0.2, -0.15) is 0 Å². The van der Waals surface area contributed by atoms with Gasteiger partial charge in [0.15, 0.2) is 0 Å². The zero-order chi connectivity index (χ0) is 15.5. The van der Waals surface area contributed by atoms with Crippen LogP contribution in [0.25, 0.3) is 0 Å². The van der Waals surface area contributed by atoms with E-state index in [-0.39, 0.29) is 0 Å². The molecule has 4 aliphatic carbocycles. The Labute approximate surface area is 137 Å². The SMILES string of the molecule is CC[C@H]1CC[C@H]2[C@@H]3C=C(C)C4=CCCC[C@]4(C)[C@H]3CC[C@]12C. The maximum Gasteiger partial charge on any atom is -0.00419 e. The second-order valence-electron chi connectivity index (χ2n) is 9.29. The molecule has 0 aromatic heterocycles. The van der Waals surface area contributed by atoms with E-state index in [1.807, 2.05) is 0 Å². The summed E-state index contributed by atoms with van der Waals surface area (Å²) in [4.78, 5) is 0. The molecule has 122 valence electrons. The summed E-state index contributed by atoms with van der Waals surface area (Å²) < 4.78 is 0. The Balaban J connectivity index is 1.76. The predicted octanol–water partition coefficient (Wildman–Crippen LogP) is 6.53. The van der Waals surface area contributed by atoms with Gasteiger partial charge in [-0.25, -0.2) is 0 Å². The standard InChI is InChI=1S/C22H34/c1-5-16-9-10-19-17-14-15(2)18-8-6-7-12-22(18,4)20(17)11-13-21(16,19)3/h8,14,16-17,19-20H,5-7,9-13H2,1-4H3/t16-,17-,19-,20-,21+,22-/m0/s1. The summed E-state index contributed by atoms with van der Waals surface area (Å²) in [6.45, 7) is 10.1. The van der Waals surface area contributed by atoms with Gasteiger partial charge in [-0.15, -0.1) is 0 Å². The third kappa shape index (κ3) is 1.82. The van der Waals surface area contributed by atoms with Crippen molar-refractivity contribution in [1.29, 1.82) is 0 Å². The molecule has 0 unspecified atom stereocenters. The molecule has 0 bridgehead atoms. The lowest BCUT2D eigenvalue weighted by Crippen LogP contribution is -2.49. The highest BCUT2D eigenvalue weighted by molar-refractivity contribution is 5.41. The van der Waals surface area contributed by atoms with E-state index in [0.29, 0.717) is 10.8 Å². The van der Waals surface area contributed by atoms with Gasteiger partial charge in [-0.05, 0) is 91.9 Å². The van der Waals surface area contributed by atoms with Gasteiger partial charge in [-0.3, -0.25) is 0 Å². The molecule has 22 heavy (non-hydrogen) atoms. The fourth-order valence-corrected chi connectivity index (χ4v) is 7.41. The Bertz CT molecular complexity index is 524. The molecule has 0 radical (unpaired) electrons. The quantitative estimate of drug-likeness (QED) is 0.516. The van der Waals surface area contributed by atoms with Gasteiger partial charge in [-0.1, -0.05) is 44.9 Å². The molecule has 2 saturated carbocycles. The second-order valence-corrected chi connectivity index (χ2v) is 9.29. The lowest BCUT2D eigenvalue weighted by molar-refractivity contribution is -0.0167. The Hall–Kier alpha value is -0.520. The first-order chi connectivity index (χ1) is 10.5. The minimum absolute atomic E-state index is 0.493. The van der Waals surface area contributed by atoms with Crippen LogP contribution in [0.1, 0.15) is 79.1 Å². The van der Waals surface area contributed by atoms with E-state index >= 15 is 0 Å². The van der Waals surface area contributed by atoms with Crippen LogP contribution >= 0.6 is 0 Å². The van der Waals surface area contributed by atoms with Crippen molar-refractivity contribution in [3.05, 3.63) is 23.3 Å². The van der Waals surface area contributed by atoms with Crippen LogP contribution in [-0.4, -0.2) is 0 Å². The molecule has 0 N–H and O–H groups in total. The number of rotatable bonds is 1. The molecule has 4 rings (SSSR count). The highest BCUT2D eigenvalue weighted by Crippen LogP contribution is 2.66. The average Bonchev–Trinajstić information content (AvgIpc) is 2.84. The lowest BCUT2D eigenvalue weighted by atomic mass is 9.47. The number of hydrogen-bond donors (Lipinski definition) is 0. The van der Waals surface area contributed by atoms with Crippen molar-refractivity contribution in [3.8, 4) is 0 Å². The van der Waals surface area contributed by atoms with Crippen molar-refractivity contribution < 1.29 is 0 Å². The molecule has 0 spiro atoms. The summed E-state index contributed by atoms with van der Waals surface area (Å²) in [6.07, 6.45) is 16.8. The first-order valence-electron chi connectivity index (χ1n) is 9.90. The zero-order valence-electron chi connectivity index (χ0n) is 15.1. The van der Waals surface area contributed by atoms with Crippen molar-refractivity contribution in [3.63, 3.8) is 0 Å². The number of allylic oxidation sites excluding steroid dienone is 4. The first-order valence-corrected chi connectivity index (χ1v) is 9.90. The van der Waals surface area contributed by atoms with Crippen LogP contribution in [0.3, 0.4) is 0 Å². The second kappa shape index (κ2) is 4.99. The molecular weight excluding hydrogens is 264 g/mol. The Morgan fingerprint density at radius 2 is 1.91 bits per heavy atom. The van der Waals surface area contributed by atoms with E-state index in [0.717, 1.165) is 23.7 Å². The summed E-state index contributed by atoms with van der Waals surface area (Å²) in [5.74, 6) is 3.75. The Morgan fingerprint density at radius 1 is 1.09 bits per heavy atom. The molecule has 0 heterocycles. The van der Waals surface area contributed by atoms with Crippen LogP contribution in [0.2, 0.25) is 0 Å². The third-order valence-electron chi connectivity index (χ3n) is 8.57. The average molecular weight is 299 g/mol. The van der Waals surface area contributed by atoms with Crippen molar-refractivity contribution in [2.45, 2.75) is 79.1 Å². The van der Waals surface area contributed by atoms with Crippen molar-refractivity contribution in [2.75, 3.05) is 0 Å². The molecular formula is C22H34. The minimum atomic E-state index is 0.493. The Kier molecular flexibility index (Phi) is 3.41. The molecule has 0 saturated heterocycles. The molecule has 0 aromatic carbocycles. The molecule has 6 atom stereocenters. The van der Waals surface area contributed by atoms with Gasteiger partial charge in [0.1, 0.15) is 0 Å². The topological polar surface area (TPSA) is 0 Å². The van der Waals surface area contributed by atoms with E-state index in [4.69, 9.17) is 0 Å². The van der Waals surface area contributed by atoms with E-state index in [1.54, 1.807) is 11.1 Å². The highest BCUT2D eigenvalue weighted by atomic mass is 14.6. The third-order valence-corrected chi connectivity index (χ3v) is 8.57. The normalized spacial score (nSPS) is 50.5. The fourth-order valence-electron chi connectivity index (χ4n) is 7.41. The molecule has 0 aliphatic heterocycles. The zero-order valence-corrected chi connectivity index (χ0v) is 15.1. The summed E-state index contributed by atoms with van der Waals surface area (Å²) in [7, 11) is 0. The van der Waals surface area contributed by atoms with Crippen LogP contribution in [0, 0.1) is 34.5 Å². The van der Waals surface area contributed by atoms with Crippen LogP contribution in [0.5, 0.6) is 0 Å². The van der Waals surface area contributed by atoms with E-state index < -0.39 is 0 Å². The summed E-state index contributed by atoms with van der Waals surface area (Å²) in [5, 5.41) is 0. The van der Waals surface area contributed by atoms with E-state index in [1.165, 1.54) is 51.4 Å². The van der Waals surface area contributed by atoms with Gasteiger partial charge >= 0.3 is 0 Å².